The maximum atomic E-state index is 3.50. The van der Waals surface area contributed by atoms with Gasteiger partial charge in [0.1, 0.15) is 0 Å². The number of hydrogen-bond acceptors (Lipinski definition) is 1. The van der Waals surface area contributed by atoms with E-state index < -0.39 is 0 Å². The number of benzene rings is 2. The highest BCUT2D eigenvalue weighted by atomic mass is 79.9. The Morgan fingerprint density at radius 1 is 0.857 bits per heavy atom. The molecule has 0 atom stereocenters. The fourth-order valence-electron chi connectivity index (χ4n) is 3.14. The summed E-state index contributed by atoms with van der Waals surface area (Å²) < 4.78 is 0. The second-order valence-corrected chi connectivity index (χ2v) is 6.48. The van der Waals surface area contributed by atoms with Crippen molar-refractivity contribution in [2.24, 2.45) is 5.92 Å². The minimum Gasteiger partial charge on any atom is -0.372 e. The van der Waals surface area contributed by atoms with E-state index in [0.29, 0.717) is 0 Å². The van der Waals surface area contributed by atoms with Gasteiger partial charge >= 0.3 is 0 Å². The Morgan fingerprint density at radius 2 is 1.52 bits per heavy atom. The van der Waals surface area contributed by atoms with Crippen LogP contribution in [0, 0.1) is 5.92 Å². The summed E-state index contributed by atoms with van der Waals surface area (Å²) in [6.45, 7) is 2.37. The van der Waals surface area contributed by atoms with Crippen molar-refractivity contribution in [2.75, 3.05) is 18.0 Å². The number of nitrogens with zero attached hydrogens (tertiary/aromatic N) is 1. The predicted octanol–water partition coefficient (Wildman–Crippen LogP) is 5.04. The fourth-order valence-corrected chi connectivity index (χ4v) is 3.51. The molecule has 0 aliphatic carbocycles. The Bertz CT molecular complexity index is 542. The van der Waals surface area contributed by atoms with E-state index in [9.17, 15) is 0 Å². The molecule has 0 aromatic heterocycles. The molecule has 2 aromatic carbocycles. The van der Waals surface area contributed by atoms with Gasteiger partial charge in [-0.2, -0.15) is 0 Å². The van der Waals surface area contributed by atoms with Gasteiger partial charge < -0.3 is 4.90 Å². The minimum absolute atomic E-state index is 0.838. The maximum Gasteiger partial charge on any atom is 0.0366 e. The maximum absolute atomic E-state index is 3.50. The van der Waals surface area contributed by atoms with Crippen molar-refractivity contribution in [3.63, 3.8) is 0 Å². The molecule has 1 aliphatic rings. The van der Waals surface area contributed by atoms with Crippen LogP contribution in [0.5, 0.6) is 0 Å². The Kier molecular flexibility index (Phi) is 4.97. The summed E-state index contributed by atoms with van der Waals surface area (Å²) in [6.07, 6.45) is 3.83. The molecule has 0 unspecified atom stereocenters. The SMILES string of the molecule is BrCc1ccc(N2CCC(Cc3ccccc3)CC2)cc1. The molecular weight excluding hydrogens is 322 g/mol. The first kappa shape index (κ1) is 14.6. The average Bonchev–Trinajstić information content (AvgIpc) is 2.57. The molecule has 0 bridgehead atoms. The van der Waals surface area contributed by atoms with Gasteiger partial charge in [-0.1, -0.05) is 58.4 Å². The van der Waals surface area contributed by atoms with Gasteiger partial charge in [-0.05, 0) is 48.4 Å². The van der Waals surface area contributed by atoms with E-state index in [-0.39, 0.29) is 0 Å². The summed E-state index contributed by atoms with van der Waals surface area (Å²) in [6, 6.07) is 19.9. The molecule has 0 radical (unpaired) electrons. The molecule has 2 aromatic rings. The first-order valence-electron chi connectivity index (χ1n) is 7.79. The molecule has 2 heteroatoms. The van der Waals surface area contributed by atoms with E-state index in [4.69, 9.17) is 0 Å². The monoisotopic (exact) mass is 343 g/mol. The summed E-state index contributed by atoms with van der Waals surface area (Å²) in [5.41, 5.74) is 4.20. The summed E-state index contributed by atoms with van der Waals surface area (Å²) in [7, 11) is 0. The van der Waals surface area contributed by atoms with Crippen molar-refractivity contribution in [1.29, 1.82) is 0 Å². The highest BCUT2D eigenvalue weighted by Gasteiger charge is 2.19. The number of halogens is 1. The van der Waals surface area contributed by atoms with Gasteiger partial charge in [-0.15, -0.1) is 0 Å². The highest BCUT2D eigenvalue weighted by molar-refractivity contribution is 9.08. The van der Waals surface area contributed by atoms with Crippen LogP contribution in [0.15, 0.2) is 54.6 Å². The van der Waals surface area contributed by atoms with Crippen LogP contribution in [-0.4, -0.2) is 13.1 Å². The second-order valence-electron chi connectivity index (χ2n) is 5.92. The summed E-state index contributed by atoms with van der Waals surface area (Å²) in [5.74, 6) is 0.838. The van der Waals surface area contributed by atoms with Gasteiger partial charge in [0.15, 0.2) is 0 Å². The molecule has 1 heterocycles. The lowest BCUT2D eigenvalue weighted by Crippen LogP contribution is -2.34. The van der Waals surface area contributed by atoms with Crippen molar-refractivity contribution in [2.45, 2.75) is 24.6 Å². The average molecular weight is 344 g/mol. The van der Waals surface area contributed by atoms with E-state index in [2.05, 4.69) is 75.4 Å². The molecule has 1 aliphatic heterocycles. The van der Waals surface area contributed by atoms with Gasteiger partial charge in [0.2, 0.25) is 0 Å². The van der Waals surface area contributed by atoms with Gasteiger partial charge in [-0.25, -0.2) is 0 Å². The molecule has 110 valence electrons. The lowest BCUT2D eigenvalue weighted by Gasteiger charge is -2.33. The van der Waals surface area contributed by atoms with Crippen molar-refractivity contribution in [1.82, 2.24) is 0 Å². The Hall–Kier alpha value is -1.28. The van der Waals surface area contributed by atoms with Gasteiger partial charge in [0.25, 0.3) is 0 Å². The third kappa shape index (κ3) is 3.88. The number of hydrogen-bond donors (Lipinski definition) is 0. The number of alkyl halides is 1. The van der Waals surface area contributed by atoms with Crippen molar-refractivity contribution >= 4 is 21.6 Å². The Balaban J connectivity index is 1.54. The molecule has 21 heavy (non-hydrogen) atoms. The van der Waals surface area contributed by atoms with E-state index in [1.807, 2.05) is 0 Å². The quantitative estimate of drug-likeness (QED) is 0.703. The molecule has 0 spiro atoms. The van der Waals surface area contributed by atoms with Gasteiger partial charge in [0.05, 0.1) is 0 Å². The van der Waals surface area contributed by atoms with E-state index >= 15 is 0 Å². The van der Waals surface area contributed by atoms with E-state index in [1.54, 1.807) is 0 Å². The first-order chi connectivity index (χ1) is 10.3. The van der Waals surface area contributed by atoms with Crippen molar-refractivity contribution in [3.8, 4) is 0 Å². The third-order valence-corrected chi connectivity index (χ3v) is 5.09. The summed E-state index contributed by atoms with van der Waals surface area (Å²) in [5, 5.41) is 0.937. The number of rotatable bonds is 4. The summed E-state index contributed by atoms with van der Waals surface area (Å²) in [4.78, 5) is 2.53. The van der Waals surface area contributed by atoms with Crippen LogP contribution in [0.3, 0.4) is 0 Å². The van der Waals surface area contributed by atoms with Crippen LogP contribution in [-0.2, 0) is 11.8 Å². The third-order valence-electron chi connectivity index (χ3n) is 4.44. The Morgan fingerprint density at radius 3 is 2.14 bits per heavy atom. The first-order valence-corrected chi connectivity index (χ1v) is 8.91. The van der Waals surface area contributed by atoms with Crippen molar-refractivity contribution in [3.05, 3.63) is 65.7 Å². The molecule has 3 rings (SSSR count). The molecule has 0 amide bonds. The number of piperidine rings is 1. The molecule has 0 saturated carbocycles. The summed E-state index contributed by atoms with van der Waals surface area (Å²) >= 11 is 3.50. The zero-order valence-corrected chi connectivity index (χ0v) is 13.9. The molecule has 1 fully saturated rings. The zero-order chi connectivity index (χ0) is 14.5. The number of anilines is 1. The highest BCUT2D eigenvalue weighted by Crippen LogP contribution is 2.26. The molecule has 0 N–H and O–H groups in total. The second kappa shape index (κ2) is 7.13. The normalized spacial score (nSPS) is 16.1. The van der Waals surface area contributed by atoms with Gasteiger partial charge in [0, 0.05) is 24.1 Å². The fraction of sp³-hybridized carbons (Fsp3) is 0.368. The lowest BCUT2D eigenvalue weighted by molar-refractivity contribution is 0.404. The van der Waals surface area contributed by atoms with E-state index in [0.717, 1.165) is 11.2 Å². The van der Waals surface area contributed by atoms with Crippen LogP contribution < -0.4 is 4.90 Å². The van der Waals surface area contributed by atoms with Crippen LogP contribution in [0.2, 0.25) is 0 Å². The molecular formula is C19H22BrN. The Labute approximate surface area is 136 Å². The van der Waals surface area contributed by atoms with Crippen LogP contribution >= 0.6 is 15.9 Å². The van der Waals surface area contributed by atoms with Crippen molar-refractivity contribution < 1.29 is 0 Å². The molecule has 1 saturated heterocycles. The van der Waals surface area contributed by atoms with Crippen LogP contribution in [0.4, 0.5) is 5.69 Å². The van der Waals surface area contributed by atoms with Crippen LogP contribution in [0.25, 0.3) is 0 Å². The van der Waals surface area contributed by atoms with Crippen LogP contribution in [0.1, 0.15) is 24.0 Å². The standard InChI is InChI=1S/C19H22BrN/c20-15-18-6-8-19(9-7-18)21-12-10-17(11-13-21)14-16-4-2-1-3-5-16/h1-9,17H,10-15H2. The largest absolute Gasteiger partial charge is 0.372 e. The lowest BCUT2D eigenvalue weighted by atomic mass is 9.90. The van der Waals surface area contributed by atoms with Gasteiger partial charge in [-0.3, -0.25) is 0 Å². The molecule has 1 nitrogen and oxygen atoms in total. The smallest absolute Gasteiger partial charge is 0.0366 e. The topological polar surface area (TPSA) is 3.24 Å². The van der Waals surface area contributed by atoms with E-state index in [1.165, 1.54) is 49.2 Å². The predicted molar refractivity (Wildman–Crippen MR) is 94.2 cm³/mol. The minimum atomic E-state index is 0.838. The zero-order valence-electron chi connectivity index (χ0n) is 12.3.